The number of aromatic hydroxyl groups is 1. The molecule has 2 heteroatoms. The van der Waals surface area contributed by atoms with Crippen LogP contribution in [-0.2, 0) is 5.88 Å². The fourth-order valence-electron chi connectivity index (χ4n) is 1.49. The van der Waals surface area contributed by atoms with Gasteiger partial charge in [0.1, 0.15) is 5.75 Å². The molecular formula is C13H11ClO. The Bertz CT molecular complexity index is 448. The van der Waals surface area contributed by atoms with Crippen LogP contribution in [0.25, 0.3) is 11.1 Å². The van der Waals surface area contributed by atoms with E-state index in [0.29, 0.717) is 11.6 Å². The number of alkyl halides is 1. The van der Waals surface area contributed by atoms with Crippen LogP contribution in [-0.4, -0.2) is 5.11 Å². The van der Waals surface area contributed by atoms with Crippen molar-refractivity contribution >= 4 is 11.6 Å². The minimum Gasteiger partial charge on any atom is -0.507 e. The average molecular weight is 219 g/mol. The molecule has 0 saturated heterocycles. The van der Waals surface area contributed by atoms with Gasteiger partial charge >= 0.3 is 0 Å². The summed E-state index contributed by atoms with van der Waals surface area (Å²) >= 11 is 5.71. The highest BCUT2D eigenvalue weighted by atomic mass is 35.5. The topological polar surface area (TPSA) is 20.2 Å². The quantitative estimate of drug-likeness (QED) is 0.761. The summed E-state index contributed by atoms with van der Waals surface area (Å²) in [5, 5.41) is 9.66. The van der Waals surface area contributed by atoms with Gasteiger partial charge in [-0.1, -0.05) is 42.5 Å². The third-order valence-corrected chi connectivity index (χ3v) is 2.63. The van der Waals surface area contributed by atoms with Crippen molar-refractivity contribution in [1.29, 1.82) is 0 Å². The van der Waals surface area contributed by atoms with Crippen molar-refractivity contribution in [1.82, 2.24) is 0 Å². The minimum atomic E-state index is 0.302. The van der Waals surface area contributed by atoms with E-state index in [1.165, 1.54) is 0 Å². The van der Waals surface area contributed by atoms with Crippen LogP contribution in [0.1, 0.15) is 5.56 Å². The Hall–Kier alpha value is -1.47. The number of phenols is 1. The van der Waals surface area contributed by atoms with Crippen molar-refractivity contribution in [2.45, 2.75) is 5.88 Å². The molecule has 2 aromatic carbocycles. The normalized spacial score (nSPS) is 10.2. The number of phenolic OH excluding ortho intramolecular Hbond substituents is 1. The van der Waals surface area contributed by atoms with Crippen LogP contribution in [0.4, 0.5) is 0 Å². The fraction of sp³-hybridized carbons (Fsp3) is 0.0769. The summed E-state index contributed by atoms with van der Waals surface area (Å²) < 4.78 is 0. The maximum Gasteiger partial charge on any atom is 0.123 e. The summed E-state index contributed by atoms with van der Waals surface area (Å²) in [6.45, 7) is 0. The minimum absolute atomic E-state index is 0.302. The Morgan fingerprint density at radius 3 is 2.20 bits per heavy atom. The summed E-state index contributed by atoms with van der Waals surface area (Å²) in [5.41, 5.74) is 2.93. The second kappa shape index (κ2) is 4.37. The van der Waals surface area contributed by atoms with Gasteiger partial charge in [0.2, 0.25) is 0 Å². The van der Waals surface area contributed by atoms with Gasteiger partial charge in [0.25, 0.3) is 0 Å². The highest BCUT2D eigenvalue weighted by Crippen LogP contribution is 2.28. The van der Waals surface area contributed by atoms with Crippen LogP contribution in [0.15, 0.2) is 48.5 Å². The first-order valence-corrected chi connectivity index (χ1v) is 5.28. The first-order valence-electron chi connectivity index (χ1n) is 4.74. The van der Waals surface area contributed by atoms with Crippen molar-refractivity contribution < 1.29 is 5.11 Å². The van der Waals surface area contributed by atoms with Crippen molar-refractivity contribution in [3.8, 4) is 16.9 Å². The summed E-state index contributed by atoms with van der Waals surface area (Å²) in [5.74, 6) is 0.817. The molecule has 2 rings (SSSR count). The molecule has 0 aromatic heterocycles. The lowest BCUT2D eigenvalue weighted by atomic mass is 10.0. The van der Waals surface area contributed by atoms with E-state index < -0.39 is 0 Å². The standard InChI is InChI=1S/C13H11ClO/c14-9-10-5-7-11(8-6-10)12-3-1-2-4-13(12)15/h1-8,15H,9H2. The third-order valence-electron chi connectivity index (χ3n) is 2.32. The monoisotopic (exact) mass is 218 g/mol. The number of rotatable bonds is 2. The number of benzene rings is 2. The van der Waals surface area contributed by atoms with Gasteiger partial charge in [-0.2, -0.15) is 0 Å². The van der Waals surface area contributed by atoms with E-state index in [1.54, 1.807) is 6.07 Å². The van der Waals surface area contributed by atoms with E-state index in [2.05, 4.69) is 0 Å². The average Bonchev–Trinajstić information content (AvgIpc) is 2.30. The lowest BCUT2D eigenvalue weighted by Crippen LogP contribution is -1.80. The first-order chi connectivity index (χ1) is 7.31. The van der Waals surface area contributed by atoms with Gasteiger partial charge in [0, 0.05) is 11.4 Å². The smallest absolute Gasteiger partial charge is 0.123 e. The maximum absolute atomic E-state index is 9.66. The zero-order valence-electron chi connectivity index (χ0n) is 8.15. The molecule has 1 N–H and O–H groups in total. The second-order valence-corrected chi connectivity index (χ2v) is 3.61. The predicted octanol–water partition coefficient (Wildman–Crippen LogP) is 3.80. The van der Waals surface area contributed by atoms with Crippen LogP contribution < -0.4 is 0 Å². The molecule has 0 radical (unpaired) electrons. The Balaban J connectivity index is 2.42. The molecule has 0 spiro atoms. The summed E-state index contributed by atoms with van der Waals surface area (Å²) in [6, 6.07) is 15.2. The van der Waals surface area contributed by atoms with Gasteiger partial charge in [0.05, 0.1) is 0 Å². The fourth-order valence-corrected chi connectivity index (χ4v) is 1.67. The van der Waals surface area contributed by atoms with E-state index in [1.807, 2.05) is 42.5 Å². The molecule has 1 nitrogen and oxygen atoms in total. The molecule has 0 unspecified atom stereocenters. The van der Waals surface area contributed by atoms with Gasteiger partial charge in [0.15, 0.2) is 0 Å². The van der Waals surface area contributed by atoms with Crippen LogP contribution in [0.3, 0.4) is 0 Å². The van der Waals surface area contributed by atoms with Gasteiger partial charge in [-0.15, -0.1) is 11.6 Å². The summed E-state index contributed by atoms with van der Waals surface area (Å²) in [7, 11) is 0. The highest BCUT2D eigenvalue weighted by molar-refractivity contribution is 6.17. The van der Waals surface area contributed by atoms with E-state index in [0.717, 1.165) is 16.7 Å². The Labute approximate surface area is 94.0 Å². The van der Waals surface area contributed by atoms with E-state index >= 15 is 0 Å². The molecule has 0 fully saturated rings. The molecule has 0 saturated carbocycles. The molecule has 0 amide bonds. The van der Waals surface area contributed by atoms with Crippen molar-refractivity contribution in [2.24, 2.45) is 0 Å². The van der Waals surface area contributed by atoms with Gasteiger partial charge in [-0.25, -0.2) is 0 Å². The number of hydrogen-bond donors (Lipinski definition) is 1. The van der Waals surface area contributed by atoms with E-state index in [9.17, 15) is 5.11 Å². The molecule has 0 heterocycles. The van der Waals surface area contributed by atoms with Crippen LogP contribution in [0.2, 0.25) is 0 Å². The molecule has 0 bridgehead atoms. The number of halogens is 1. The molecule has 0 aliphatic carbocycles. The van der Waals surface area contributed by atoms with E-state index in [-0.39, 0.29) is 0 Å². The second-order valence-electron chi connectivity index (χ2n) is 3.35. The molecule has 0 aliphatic heterocycles. The zero-order valence-corrected chi connectivity index (χ0v) is 8.91. The predicted molar refractivity (Wildman–Crippen MR) is 63.1 cm³/mol. The van der Waals surface area contributed by atoms with Crippen LogP contribution in [0, 0.1) is 0 Å². The summed E-state index contributed by atoms with van der Waals surface area (Å²) in [4.78, 5) is 0. The first kappa shape index (κ1) is 10.1. The van der Waals surface area contributed by atoms with Crippen molar-refractivity contribution in [3.63, 3.8) is 0 Å². The van der Waals surface area contributed by atoms with Gasteiger partial charge in [-0.05, 0) is 17.2 Å². The van der Waals surface area contributed by atoms with Crippen LogP contribution in [0.5, 0.6) is 5.75 Å². The SMILES string of the molecule is Oc1ccccc1-c1ccc(CCl)cc1. The maximum atomic E-state index is 9.66. The number of para-hydroxylation sites is 1. The molecule has 2 aromatic rings. The Morgan fingerprint density at radius 2 is 1.60 bits per heavy atom. The largest absolute Gasteiger partial charge is 0.507 e. The Morgan fingerprint density at radius 1 is 0.933 bits per heavy atom. The Kier molecular flexibility index (Phi) is 2.93. The lowest BCUT2D eigenvalue weighted by Gasteiger charge is -2.04. The third kappa shape index (κ3) is 2.13. The summed E-state index contributed by atoms with van der Waals surface area (Å²) in [6.07, 6.45) is 0. The van der Waals surface area contributed by atoms with Crippen molar-refractivity contribution in [2.75, 3.05) is 0 Å². The van der Waals surface area contributed by atoms with Gasteiger partial charge < -0.3 is 5.11 Å². The molecule has 0 aliphatic rings. The lowest BCUT2D eigenvalue weighted by molar-refractivity contribution is 0.477. The van der Waals surface area contributed by atoms with Crippen molar-refractivity contribution in [3.05, 3.63) is 54.1 Å². The molecule has 0 atom stereocenters. The van der Waals surface area contributed by atoms with Crippen LogP contribution >= 0.6 is 11.6 Å². The molecule has 76 valence electrons. The molecular weight excluding hydrogens is 208 g/mol. The van der Waals surface area contributed by atoms with E-state index in [4.69, 9.17) is 11.6 Å². The highest BCUT2D eigenvalue weighted by Gasteiger charge is 2.02. The molecule has 15 heavy (non-hydrogen) atoms. The number of hydrogen-bond acceptors (Lipinski definition) is 1. The zero-order chi connectivity index (χ0) is 10.7. The van der Waals surface area contributed by atoms with Gasteiger partial charge in [-0.3, -0.25) is 0 Å².